The second-order valence-electron chi connectivity index (χ2n) is 8.03. The van der Waals surface area contributed by atoms with Gasteiger partial charge in [-0.25, -0.2) is 4.98 Å². The van der Waals surface area contributed by atoms with Gasteiger partial charge in [0, 0.05) is 31.6 Å². The van der Waals surface area contributed by atoms with Crippen LogP contribution in [0.25, 0.3) is 0 Å². The van der Waals surface area contributed by atoms with Crippen LogP contribution in [-0.2, 0) is 28.9 Å². The summed E-state index contributed by atoms with van der Waals surface area (Å²) in [7, 11) is 0. The molecule has 3 heterocycles. The first-order valence-corrected chi connectivity index (χ1v) is 10.3. The number of morpholine rings is 1. The monoisotopic (exact) mass is 396 g/mol. The molecule has 154 valence electrons. The van der Waals surface area contributed by atoms with Gasteiger partial charge >= 0.3 is 0 Å². The number of aromatic nitrogens is 2. The summed E-state index contributed by atoms with van der Waals surface area (Å²) in [6.45, 7) is 6.38. The maximum absolute atomic E-state index is 12.7. The summed E-state index contributed by atoms with van der Waals surface area (Å²) >= 11 is 0. The number of nitrogens with one attached hydrogen (secondary N) is 1. The minimum Gasteiger partial charge on any atom is -0.372 e. The van der Waals surface area contributed by atoms with Gasteiger partial charge in [-0.3, -0.25) is 14.6 Å². The third-order valence-electron chi connectivity index (χ3n) is 5.60. The molecule has 29 heavy (non-hydrogen) atoms. The topological polar surface area (TPSA) is 78.5 Å². The SMILES string of the molecule is C[C@@H]1CN(c2nc3c(c(=O)[nH]2)CCN(C(=O)CCc2ccccc2)C3)C[C@@H](C)O1. The Hall–Kier alpha value is -2.67. The van der Waals surface area contributed by atoms with Gasteiger partial charge in [0.15, 0.2) is 0 Å². The number of aryl methyl sites for hydroxylation is 1. The normalized spacial score (nSPS) is 21.7. The number of hydrogen-bond donors (Lipinski definition) is 1. The molecule has 0 radical (unpaired) electrons. The Kier molecular flexibility index (Phi) is 5.67. The Morgan fingerprint density at radius 2 is 1.93 bits per heavy atom. The molecule has 0 spiro atoms. The smallest absolute Gasteiger partial charge is 0.255 e. The second kappa shape index (κ2) is 8.37. The number of H-pyrrole nitrogens is 1. The van der Waals surface area contributed by atoms with E-state index in [4.69, 9.17) is 9.72 Å². The van der Waals surface area contributed by atoms with Gasteiger partial charge in [-0.1, -0.05) is 30.3 Å². The van der Waals surface area contributed by atoms with Gasteiger partial charge in [0.25, 0.3) is 5.56 Å². The van der Waals surface area contributed by atoms with Crippen molar-refractivity contribution in [3.8, 4) is 0 Å². The van der Waals surface area contributed by atoms with Gasteiger partial charge in [0.1, 0.15) is 0 Å². The fraction of sp³-hybridized carbons (Fsp3) is 0.500. The molecule has 1 fully saturated rings. The van der Waals surface area contributed by atoms with Crippen LogP contribution in [0.3, 0.4) is 0 Å². The predicted molar refractivity (Wildman–Crippen MR) is 111 cm³/mol. The number of amides is 1. The van der Waals surface area contributed by atoms with E-state index in [9.17, 15) is 9.59 Å². The maximum Gasteiger partial charge on any atom is 0.255 e. The molecule has 1 amide bonds. The number of benzene rings is 1. The van der Waals surface area contributed by atoms with Crippen molar-refractivity contribution in [1.82, 2.24) is 14.9 Å². The van der Waals surface area contributed by atoms with E-state index in [1.807, 2.05) is 49.1 Å². The molecule has 7 nitrogen and oxygen atoms in total. The molecule has 2 atom stereocenters. The summed E-state index contributed by atoms with van der Waals surface area (Å²) in [5.41, 5.74) is 2.49. The van der Waals surface area contributed by atoms with Crippen molar-refractivity contribution in [3.63, 3.8) is 0 Å². The molecule has 1 aromatic carbocycles. The highest BCUT2D eigenvalue weighted by atomic mass is 16.5. The third kappa shape index (κ3) is 4.50. The molecule has 0 unspecified atom stereocenters. The van der Waals surface area contributed by atoms with E-state index in [1.54, 1.807) is 0 Å². The first-order chi connectivity index (χ1) is 14.0. The molecule has 4 rings (SSSR count). The summed E-state index contributed by atoms with van der Waals surface area (Å²) in [5.74, 6) is 0.686. The van der Waals surface area contributed by atoms with Gasteiger partial charge in [-0.2, -0.15) is 0 Å². The molecule has 0 saturated carbocycles. The fourth-order valence-electron chi connectivity index (χ4n) is 4.19. The maximum atomic E-state index is 12.7. The minimum atomic E-state index is -0.0896. The largest absolute Gasteiger partial charge is 0.372 e. The first kappa shape index (κ1) is 19.6. The summed E-state index contributed by atoms with van der Waals surface area (Å²) < 4.78 is 5.78. The molecular formula is C22H28N4O3. The number of aromatic amines is 1. The third-order valence-corrected chi connectivity index (χ3v) is 5.60. The van der Waals surface area contributed by atoms with Crippen molar-refractivity contribution < 1.29 is 9.53 Å². The van der Waals surface area contributed by atoms with Crippen molar-refractivity contribution >= 4 is 11.9 Å². The van der Waals surface area contributed by atoms with Crippen molar-refractivity contribution in [2.24, 2.45) is 0 Å². The van der Waals surface area contributed by atoms with Gasteiger partial charge in [0.05, 0.1) is 24.4 Å². The Morgan fingerprint density at radius 3 is 2.66 bits per heavy atom. The van der Waals surface area contributed by atoms with Crippen LogP contribution in [0.5, 0.6) is 0 Å². The highest BCUT2D eigenvalue weighted by Gasteiger charge is 2.28. The van der Waals surface area contributed by atoms with E-state index < -0.39 is 0 Å². The van der Waals surface area contributed by atoms with Crippen molar-refractivity contribution in [1.29, 1.82) is 0 Å². The van der Waals surface area contributed by atoms with Gasteiger partial charge in [0.2, 0.25) is 11.9 Å². The Labute approximate surface area is 170 Å². The Balaban J connectivity index is 1.47. The van der Waals surface area contributed by atoms with Crippen molar-refractivity contribution in [2.75, 3.05) is 24.5 Å². The first-order valence-electron chi connectivity index (χ1n) is 10.3. The van der Waals surface area contributed by atoms with Crippen LogP contribution in [0.4, 0.5) is 5.95 Å². The Bertz CT molecular complexity index is 917. The fourth-order valence-corrected chi connectivity index (χ4v) is 4.19. The summed E-state index contributed by atoms with van der Waals surface area (Å²) in [5, 5.41) is 0. The van der Waals surface area contributed by atoms with Crippen LogP contribution in [0.1, 0.15) is 37.1 Å². The average molecular weight is 396 g/mol. The summed E-state index contributed by atoms with van der Waals surface area (Å²) in [6, 6.07) is 10.0. The minimum absolute atomic E-state index is 0.0798. The Morgan fingerprint density at radius 1 is 1.21 bits per heavy atom. The van der Waals surface area contributed by atoms with Gasteiger partial charge in [-0.15, -0.1) is 0 Å². The van der Waals surface area contributed by atoms with E-state index in [0.29, 0.717) is 50.5 Å². The van der Waals surface area contributed by atoms with Gasteiger partial charge in [-0.05, 0) is 32.3 Å². The standard InChI is InChI=1S/C22H28N4O3/c1-15-12-26(13-16(2)29-15)22-23-19-14-25(11-10-18(19)21(28)24-22)20(27)9-8-17-6-4-3-5-7-17/h3-7,15-16H,8-14H2,1-2H3,(H,23,24,28)/t15-,16-/m1/s1. The number of fused-ring (bicyclic) bond motifs is 1. The molecule has 1 saturated heterocycles. The second-order valence-corrected chi connectivity index (χ2v) is 8.03. The molecular weight excluding hydrogens is 368 g/mol. The molecule has 2 aliphatic rings. The zero-order chi connectivity index (χ0) is 20.4. The van der Waals surface area contributed by atoms with Crippen molar-refractivity contribution in [3.05, 3.63) is 57.5 Å². The number of carbonyl (C=O) groups is 1. The molecule has 2 aromatic rings. The zero-order valence-corrected chi connectivity index (χ0v) is 17.1. The van der Waals surface area contributed by atoms with Crippen LogP contribution in [0, 0.1) is 0 Å². The highest BCUT2D eigenvalue weighted by molar-refractivity contribution is 5.76. The number of nitrogens with zero attached hydrogens (tertiary/aromatic N) is 3. The lowest BCUT2D eigenvalue weighted by molar-refractivity contribution is -0.132. The van der Waals surface area contributed by atoms with E-state index in [2.05, 4.69) is 9.88 Å². The molecule has 0 aliphatic carbocycles. The lowest BCUT2D eigenvalue weighted by Gasteiger charge is -2.36. The van der Waals surface area contributed by atoms with Crippen LogP contribution in [0.15, 0.2) is 35.1 Å². The molecule has 0 bridgehead atoms. The number of rotatable bonds is 4. The van der Waals surface area contributed by atoms with E-state index >= 15 is 0 Å². The van der Waals surface area contributed by atoms with E-state index in [1.165, 1.54) is 0 Å². The van der Waals surface area contributed by atoms with E-state index in [-0.39, 0.29) is 23.7 Å². The molecule has 1 aromatic heterocycles. The van der Waals surface area contributed by atoms with Crippen LogP contribution < -0.4 is 10.5 Å². The van der Waals surface area contributed by atoms with Crippen molar-refractivity contribution in [2.45, 2.75) is 51.9 Å². The quantitative estimate of drug-likeness (QED) is 0.854. The van der Waals surface area contributed by atoms with Crippen LogP contribution in [-0.4, -0.2) is 52.6 Å². The zero-order valence-electron chi connectivity index (χ0n) is 17.1. The number of ether oxygens (including phenoxy) is 1. The predicted octanol–water partition coefficient (Wildman–Crippen LogP) is 1.90. The number of hydrogen-bond acceptors (Lipinski definition) is 5. The van der Waals surface area contributed by atoms with Crippen LogP contribution in [0.2, 0.25) is 0 Å². The number of carbonyl (C=O) groups excluding carboxylic acids is 1. The highest BCUT2D eigenvalue weighted by Crippen LogP contribution is 2.20. The lowest BCUT2D eigenvalue weighted by Crippen LogP contribution is -2.47. The summed E-state index contributed by atoms with van der Waals surface area (Å²) in [6.07, 6.45) is 1.90. The molecule has 1 N–H and O–H groups in total. The average Bonchev–Trinajstić information content (AvgIpc) is 2.71. The molecule has 2 aliphatic heterocycles. The van der Waals surface area contributed by atoms with E-state index in [0.717, 1.165) is 17.7 Å². The van der Waals surface area contributed by atoms with Crippen LogP contribution >= 0.6 is 0 Å². The number of anilines is 1. The summed E-state index contributed by atoms with van der Waals surface area (Å²) in [4.78, 5) is 36.9. The lowest BCUT2D eigenvalue weighted by atomic mass is 10.0. The van der Waals surface area contributed by atoms with Gasteiger partial charge < -0.3 is 14.5 Å². The molecule has 7 heteroatoms.